The molecule has 1 aliphatic heterocycles. The van der Waals surface area contributed by atoms with Crippen LogP contribution in [0.4, 0.5) is 0 Å². The summed E-state index contributed by atoms with van der Waals surface area (Å²) in [5.41, 5.74) is -2.77. The number of hydrogen-bond donors (Lipinski definition) is 1. The molecule has 6 atom stereocenters. The Morgan fingerprint density at radius 3 is 1.91 bits per heavy atom. The van der Waals surface area contributed by atoms with Gasteiger partial charge in [-0.25, -0.2) is 9.59 Å². The lowest BCUT2D eigenvalue weighted by Crippen LogP contribution is -2.74. The Morgan fingerprint density at radius 2 is 1.37 bits per heavy atom. The summed E-state index contributed by atoms with van der Waals surface area (Å²) in [6.07, 6.45) is 0.839. The van der Waals surface area contributed by atoms with Crippen molar-refractivity contribution >= 4 is 11.9 Å². The average Bonchev–Trinajstić information content (AvgIpc) is 3.09. The zero-order valence-electron chi connectivity index (χ0n) is 20.8. The third-order valence-corrected chi connectivity index (χ3v) is 8.94. The number of fused-ring (bicyclic) bond motifs is 1. The van der Waals surface area contributed by atoms with Crippen molar-refractivity contribution in [1.82, 2.24) is 0 Å². The van der Waals surface area contributed by atoms with Gasteiger partial charge in [0, 0.05) is 0 Å². The van der Waals surface area contributed by atoms with E-state index >= 15 is 0 Å². The average molecular weight is 479 g/mol. The van der Waals surface area contributed by atoms with Crippen molar-refractivity contribution in [3.63, 3.8) is 0 Å². The van der Waals surface area contributed by atoms with Crippen molar-refractivity contribution in [2.24, 2.45) is 11.3 Å². The van der Waals surface area contributed by atoms with Crippen molar-refractivity contribution in [3.05, 3.63) is 71.8 Å². The van der Waals surface area contributed by atoms with Gasteiger partial charge in [-0.15, -0.1) is 0 Å². The lowest BCUT2D eigenvalue weighted by atomic mass is 9.49. The molecule has 0 radical (unpaired) electrons. The summed E-state index contributed by atoms with van der Waals surface area (Å²) in [6, 6.07) is 17.8. The van der Waals surface area contributed by atoms with Crippen LogP contribution in [0, 0.1) is 11.3 Å². The minimum atomic E-state index is -1.18. The van der Waals surface area contributed by atoms with Crippen LogP contribution in [0.3, 0.4) is 0 Å². The van der Waals surface area contributed by atoms with Crippen LogP contribution in [-0.2, 0) is 14.2 Å². The Bertz CT molecular complexity index is 1110. The van der Waals surface area contributed by atoms with E-state index in [-0.39, 0.29) is 5.92 Å². The summed E-state index contributed by atoms with van der Waals surface area (Å²) < 4.78 is 19.1. The maximum atomic E-state index is 13.2. The molecule has 2 aromatic rings. The van der Waals surface area contributed by atoms with E-state index in [0.29, 0.717) is 36.8 Å². The van der Waals surface area contributed by atoms with Gasteiger partial charge in [0.05, 0.1) is 27.7 Å². The number of aliphatic hydroxyl groups is 1. The van der Waals surface area contributed by atoms with Gasteiger partial charge < -0.3 is 19.3 Å². The Kier molecular flexibility index (Phi) is 5.61. The van der Waals surface area contributed by atoms with Gasteiger partial charge in [0.2, 0.25) is 0 Å². The van der Waals surface area contributed by atoms with Crippen LogP contribution in [0.2, 0.25) is 0 Å². The number of carbonyl (C=O) groups excluding carboxylic acids is 2. The fourth-order valence-electron chi connectivity index (χ4n) is 6.81. The summed E-state index contributed by atoms with van der Waals surface area (Å²) in [5.74, 6) is -0.773. The molecule has 1 saturated heterocycles. The summed E-state index contributed by atoms with van der Waals surface area (Å²) >= 11 is 0. The van der Waals surface area contributed by atoms with Gasteiger partial charge in [-0.2, -0.15) is 0 Å². The van der Waals surface area contributed by atoms with E-state index in [9.17, 15) is 14.7 Å². The van der Waals surface area contributed by atoms with E-state index < -0.39 is 46.4 Å². The van der Waals surface area contributed by atoms with Crippen LogP contribution in [0.15, 0.2) is 60.7 Å². The minimum absolute atomic E-state index is 0.0826. The second kappa shape index (κ2) is 8.17. The molecule has 4 unspecified atom stereocenters. The fraction of sp³-hybridized carbons (Fsp3) is 0.517. The molecule has 1 spiro atoms. The lowest BCUT2D eigenvalue weighted by Gasteiger charge is -2.62. The molecule has 0 amide bonds. The Labute approximate surface area is 206 Å². The van der Waals surface area contributed by atoms with E-state index in [1.807, 2.05) is 32.9 Å². The predicted molar refractivity (Wildman–Crippen MR) is 130 cm³/mol. The van der Waals surface area contributed by atoms with Gasteiger partial charge >= 0.3 is 11.9 Å². The molecule has 3 aliphatic rings. The second-order valence-corrected chi connectivity index (χ2v) is 11.3. The summed E-state index contributed by atoms with van der Waals surface area (Å²) in [4.78, 5) is 26.3. The zero-order chi connectivity index (χ0) is 25.1. The molecule has 186 valence electrons. The van der Waals surface area contributed by atoms with E-state index in [2.05, 4.69) is 0 Å². The van der Waals surface area contributed by atoms with Gasteiger partial charge in [0.15, 0.2) is 0 Å². The highest BCUT2D eigenvalue weighted by Crippen LogP contribution is 2.67. The van der Waals surface area contributed by atoms with Crippen LogP contribution < -0.4 is 0 Å². The number of carbonyl (C=O) groups is 2. The molecule has 0 aromatic heterocycles. The monoisotopic (exact) mass is 478 g/mol. The van der Waals surface area contributed by atoms with Gasteiger partial charge in [-0.3, -0.25) is 0 Å². The highest BCUT2D eigenvalue weighted by molar-refractivity contribution is 5.90. The van der Waals surface area contributed by atoms with Crippen LogP contribution in [0.1, 0.15) is 74.1 Å². The van der Waals surface area contributed by atoms with Crippen molar-refractivity contribution < 1.29 is 28.9 Å². The van der Waals surface area contributed by atoms with Crippen molar-refractivity contribution in [1.29, 1.82) is 0 Å². The molecule has 2 aliphatic carbocycles. The highest BCUT2D eigenvalue weighted by Gasteiger charge is 2.77. The largest absolute Gasteiger partial charge is 0.458 e. The molecule has 6 nitrogen and oxygen atoms in total. The van der Waals surface area contributed by atoms with Crippen LogP contribution >= 0.6 is 0 Å². The highest BCUT2D eigenvalue weighted by atomic mass is 16.6. The Morgan fingerprint density at radius 1 is 0.857 bits per heavy atom. The molecule has 2 saturated carbocycles. The molecule has 2 bridgehead atoms. The molecule has 1 N–H and O–H groups in total. The molecule has 3 fully saturated rings. The van der Waals surface area contributed by atoms with Crippen LogP contribution in [0.5, 0.6) is 0 Å². The molecule has 2 aromatic carbocycles. The van der Waals surface area contributed by atoms with E-state index in [1.165, 1.54) is 0 Å². The van der Waals surface area contributed by atoms with Crippen LogP contribution in [-0.4, -0.2) is 46.1 Å². The third-order valence-electron chi connectivity index (χ3n) is 8.94. The van der Waals surface area contributed by atoms with E-state index in [0.717, 1.165) is 0 Å². The molecule has 5 rings (SSSR count). The number of rotatable bonds is 4. The summed E-state index contributed by atoms with van der Waals surface area (Å²) in [6.45, 7) is 7.83. The first-order valence-corrected chi connectivity index (χ1v) is 12.4. The summed E-state index contributed by atoms with van der Waals surface area (Å²) in [7, 11) is 0. The van der Waals surface area contributed by atoms with Crippen molar-refractivity contribution in [2.45, 2.75) is 82.4 Å². The van der Waals surface area contributed by atoms with Crippen molar-refractivity contribution in [3.8, 4) is 0 Å². The number of hydrogen-bond acceptors (Lipinski definition) is 6. The first-order chi connectivity index (χ1) is 16.5. The molecule has 35 heavy (non-hydrogen) atoms. The Balaban J connectivity index is 1.56. The normalized spacial score (nSPS) is 37.2. The van der Waals surface area contributed by atoms with E-state index in [1.54, 1.807) is 55.5 Å². The number of esters is 2. The topological polar surface area (TPSA) is 82.1 Å². The van der Waals surface area contributed by atoms with Crippen LogP contribution in [0.25, 0.3) is 0 Å². The lowest BCUT2D eigenvalue weighted by molar-refractivity contribution is -0.302. The number of benzene rings is 2. The second-order valence-electron chi connectivity index (χ2n) is 11.3. The minimum Gasteiger partial charge on any atom is -0.458 e. The predicted octanol–water partition coefficient (Wildman–Crippen LogP) is 4.95. The SMILES string of the molecule is CC1(C)OC23CC1CC(OC(=O)c1ccccc1)[C@]2(C)[C@@H](OC(=O)c1ccccc1)CCC3(C)O. The summed E-state index contributed by atoms with van der Waals surface area (Å²) in [5, 5.41) is 11.8. The zero-order valence-corrected chi connectivity index (χ0v) is 20.8. The first kappa shape index (κ1) is 24.0. The fourth-order valence-corrected chi connectivity index (χ4v) is 6.81. The Hall–Kier alpha value is -2.70. The van der Waals surface area contributed by atoms with Gasteiger partial charge in [0.25, 0.3) is 0 Å². The quantitative estimate of drug-likeness (QED) is 0.627. The molecular formula is C29H34O6. The third kappa shape index (κ3) is 3.61. The molecule has 6 heteroatoms. The smallest absolute Gasteiger partial charge is 0.338 e. The molecule has 1 heterocycles. The number of ether oxygens (including phenoxy) is 3. The first-order valence-electron chi connectivity index (χ1n) is 12.4. The maximum Gasteiger partial charge on any atom is 0.338 e. The van der Waals surface area contributed by atoms with Gasteiger partial charge in [-0.1, -0.05) is 36.4 Å². The van der Waals surface area contributed by atoms with Crippen molar-refractivity contribution in [2.75, 3.05) is 0 Å². The van der Waals surface area contributed by atoms with Gasteiger partial charge in [-0.05, 0) is 83.6 Å². The standard InChI is InChI=1S/C29H34O6/c1-26(2)21-17-23(34-25(31)20-13-9-6-10-14-20)28(4)22(33-24(30)19-11-7-5-8-12-19)15-16-27(3,32)29(28,18-21)35-26/h5-14,21-23,32H,15-18H2,1-4H3/t21?,22-,23?,27?,28-,29?/m0/s1. The van der Waals surface area contributed by atoms with Gasteiger partial charge in [0.1, 0.15) is 17.8 Å². The van der Waals surface area contributed by atoms with E-state index in [4.69, 9.17) is 14.2 Å². The molecular weight excluding hydrogens is 444 g/mol. The maximum absolute atomic E-state index is 13.2.